The van der Waals surface area contributed by atoms with Crippen LogP contribution in [0.25, 0.3) is 0 Å². The Balaban J connectivity index is 2.70. The predicted octanol–water partition coefficient (Wildman–Crippen LogP) is 2.52. The molecule has 1 aromatic rings. The summed E-state index contributed by atoms with van der Waals surface area (Å²) >= 11 is 3.36. The van der Waals surface area contributed by atoms with Gasteiger partial charge in [-0.25, -0.2) is 0 Å². The fourth-order valence-electron chi connectivity index (χ4n) is 0.827. The van der Waals surface area contributed by atoms with Crippen LogP contribution in [0.15, 0.2) is 10.7 Å². The van der Waals surface area contributed by atoms with Gasteiger partial charge in [0.2, 0.25) is 0 Å². The number of hydrogen-bond donors (Lipinski definition) is 0. The zero-order valence-corrected chi connectivity index (χ0v) is 7.52. The smallest absolute Gasteiger partial charge is 0.140 e. The van der Waals surface area contributed by atoms with E-state index in [2.05, 4.69) is 28.0 Å². The summed E-state index contributed by atoms with van der Waals surface area (Å²) < 4.78 is 5.02. The van der Waals surface area contributed by atoms with Gasteiger partial charge < -0.3 is 4.52 Å². The van der Waals surface area contributed by atoms with Crippen LogP contribution < -0.4 is 0 Å². The second-order valence-electron chi connectivity index (χ2n) is 2.16. The maximum Gasteiger partial charge on any atom is 0.140 e. The Morgan fingerprint density at radius 1 is 1.70 bits per heavy atom. The second kappa shape index (κ2) is 3.76. The van der Waals surface area contributed by atoms with Crippen LogP contribution in [-0.4, -0.2) is 5.16 Å². The number of aromatic nitrogens is 1. The van der Waals surface area contributed by atoms with E-state index in [0.29, 0.717) is 0 Å². The van der Waals surface area contributed by atoms with E-state index in [-0.39, 0.29) is 0 Å². The molecule has 0 saturated heterocycles. The maximum atomic E-state index is 5.02. The molecule has 2 nitrogen and oxygen atoms in total. The van der Waals surface area contributed by atoms with Gasteiger partial charge in [-0.15, -0.1) is 0 Å². The first-order chi connectivity index (χ1) is 4.88. The topological polar surface area (TPSA) is 26.0 Å². The highest BCUT2D eigenvalue weighted by atomic mass is 79.9. The molecule has 0 saturated carbocycles. The third-order valence-electron chi connectivity index (χ3n) is 1.35. The lowest BCUT2D eigenvalue weighted by Crippen LogP contribution is -1.83. The van der Waals surface area contributed by atoms with E-state index in [9.17, 15) is 0 Å². The lowest BCUT2D eigenvalue weighted by atomic mass is 10.2. The van der Waals surface area contributed by atoms with E-state index in [1.54, 1.807) is 6.20 Å². The molecule has 0 aromatic carbocycles. The first-order valence-corrected chi connectivity index (χ1v) is 4.49. The minimum Gasteiger partial charge on any atom is -0.361 e. The number of aryl methyl sites for hydroxylation is 1. The van der Waals surface area contributed by atoms with Gasteiger partial charge in [-0.3, -0.25) is 0 Å². The van der Waals surface area contributed by atoms with Gasteiger partial charge in [-0.05, 0) is 6.42 Å². The normalized spacial score (nSPS) is 10.2. The fraction of sp³-hybridized carbons (Fsp3) is 0.571. The van der Waals surface area contributed by atoms with Gasteiger partial charge in [0.1, 0.15) is 5.76 Å². The average molecular weight is 204 g/mol. The first-order valence-electron chi connectivity index (χ1n) is 3.37. The number of halogens is 1. The van der Waals surface area contributed by atoms with Crippen molar-refractivity contribution in [3.05, 3.63) is 17.5 Å². The summed E-state index contributed by atoms with van der Waals surface area (Å²) in [5.74, 6) is 1.01. The predicted molar refractivity (Wildman–Crippen MR) is 43.1 cm³/mol. The third kappa shape index (κ3) is 1.59. The van der Waals surface area contributed by atoms with E-state index in [1.165, 1.54) is 5.56 Å². The Labute approximate surface area is 68.7 Å². The van der Waals surface area contributed by atoms with Crippen molar-refractivity contribution in [3.63, 3.8) is 0 Å². The van der Waals surface area contributed by atoms with Crippen LogP contribution in [0, 0.1) is 0 Å². The Bertz CT molecular complexity index is 197. The molecule has 0 unspecified atom stereocenters. The van der Waals surface area contributed by atoms with E-state index >= 15 is 0 Å². The summed E-state index contributed by atoms with van der Waals surface area (Å²) in [5.41, 5.74) is 1.17. The summed E-state index contributed by atoms with van der Waals surface area (Å²) in [7, 11) is 0. The van der Waals surface area contributed by atoms with Crippen LogP contribution in [-0.2, 0) is 11.8 Å². The zero-order chi connectivity index (χ0) is 7.40. The van der Waals surface area contributed by atoms with Crippen LogP contribution in [0.4, 0.5) is 0 Å². The molecule has 1 aromatic heterocycles. The summed E-state index contributed by atoms with van der Waals surface area (Å²) in [6, 6.07) is 0. The van der Waals surface area contributed by atoms with Crippen LogP contribution in [0.3, 0.4) is 0 Å². The van der Waals surface area contributed by atoms with Crippen molar-refractivity contribution in [2.24, 2.45) is 0 Å². The van der Waals surface area contributed by atoms with Crippen molar-refractivity contribution in [2.45, 2.75) is 25.1 Å². The molecule has 0 fully saturated rings. The average Bonchev–Trinajstić information content (AvgIpc) is 2.36. The van der Waals surface area contributed by atoms with Gasteiger partial charge in [-0.1, -0.05) is 28.0 Å². The molecule has 0 amide bonds. The standard InChI is InChI=1S/C7H10BrNO/c1-2-3-7-6(4-8)5-9-10-7/h5H,2-4H2,1H3. The molecule has 0 atom stereocenters. The number of nitrogens with zero attached hydrogens (tertiary/aromatic N) is 1. The van der Waals surface area contributed by atoms with Gasteiger partial charge in [0.15, 0.2) is 0 Å². The van der Waals surface area contributed by atoms with Crippen LogP contribution in [0.1, 0.15) is 24.7 Å². The highest BCUT2D eigenvalue weighted by Gasteiger charge is 2.03. The molecule has 0 aliphatic rings. The number of rotatable bonds is 3. The zero-order valence-electron chi connectivity index (χ0n) is 5.93. The van der Waals surface area contributed by atoms with Crippen molar-refractivity contribution < 1.29 is 4.52 Å². The minimum atomic E-state index is 0.839. The monoisotopic (exact) mass is 203 g/mol. The summed E-state index contributed by atoms with van der Waals surface area (Å²) in [5, 5.41) is 4.55. The lowest BCUT2D eigenvalue weighted by Gasteiger charge is -1.91. The molecular formula is C7H10BrNO. The molecule has 0 radical (unpaired) electrons. The van der Waals surface area contributed by atoms with Crippen LogP contribution >= 0.6 is 15.9 Å². The SMILES string of the molecule is CCCc1oncc1CBr. The summed E-state index contributed by atoms with van der Waals surface area (Å²) in [6.07, 6.45) is 3.86. The van der Waals surface area contributed by atoms with Gasteiger partial charge in [-0.2, -0.15) is 0 Å². The summed E-state index contributed by atoms with van der Waals surface area (Å²) in [6.45, 7) is 2.13. The molecule has 56 valence electrons. The Kier molecular flexibility index (Phi) is 2.93. The minimum absolute atomic E-state index is 0.839. The molecule has 0 bridgehead atoms. The number of alkyl halides is 1. The molecular weight excluding hydrogens is 194 g/mol. The molecule has 1 rings (SSSR count). The van der Waals surface area contributed by atoms with Gasteiger partial charge in [0, 0.05) is 17.3 Å². The van der Waals surface area contributed by atoms with Crippen molar-refractivity contribution in [1.29, 1.82) is 0 Å². The molecule has 1 heterocycles. The third-order valence-corrected chi connectivity index (χ3v) is 1.95. The van der Waals surface area contributed by atoms with Crippen molar-refractivity contribution in [1.82, 2.24) is 5.16 Å². The number of hydrogen-bond acceptors (Lipinski definition) is 2. The van der Waals surface area contributed by atoms with E-state index in [0.717, 1.165) is 23.9 Å². The molecule has 0 spiro atoms. The Hall–Kier alpha value is -0.310. The van der Waals surface area contributed by atoms with Crippen molar-refractivity contribution in [3.8, 4) is 0 Å². The Morgan fingerprint density at radius 3 is 3.10 bits per heavy atom. The first kappa shape index (κ1) is 7.79. The maximum absolute atomic E-state index is 5.02. The van der Waals surface area contributed by atoms with Crippen molar-refractivity contribution >= 4 is 15.9 Å². The second-order valence-corrected chi connectivity index (χ2v) is 2.72. The van der Waals surface area contributed by atoms with Crippen molar-refractivity contribution in [2.75, 3.05) is 0 Å². The van der Waals surface area contributed by atoms with Gasteiger partial charge in [0.05, 0.1) is 6.20 Å². The fourth-order valence-corrected chi connectivity index (χ4v) is 1.28. The largest absolute Gasteiger partial charge is 0.361 e. The molecule has 0 aliphatic carbocycles. The highest BCUT2D eigenvalue weighted by molar-refractivity contribution is 9.08. The van der Waals surface area contributed by atoms with E-state index in [4.69, 9.17) is 4.52 Å². The Morgan fingerprint density at radius 2 is 2.50 bits per heavy atom. The molecule has 3 heteroatoms. The van der Waals surface area contributed by atoms with Crippen LogP contribution in [0.5, 0.6) is 0 Å². The quantitative estimate of drug-likeness (QED) is 0.707. The van der Waals surface area contributed by atoms with Crippen LogP contribution in [0.2, 0.25) is 0 Å². The lowest BCUT2D eigenvalue weighted by molar-refractivity contribution is 0.381. The van der Waals surface area contributed by atoms with Gasteiger partial charge >= 0.3 is 0 Å². The van der Waals surface area contributed by atoms with Gasteiger partial charge in [0.25, 0.3) is 0 Å². The van der Waals surface area contributed by atoms with E-state index < -0.39 is 0 Å². The highest BCUT2D eigenvalue weighted by Crippen LogP contribution is 2.13. The molecule has 0 aliphatic heterocycles. The van der Waals surface area contributed by atoms with E-state index in [1.807, 2.05) is 0 Å². The molecule has 10 heavy (non-hydrogen) atoms. The summed E-state index contributed by atoms with van der Waals surface area (Å²) in [4.78, 5) is 0. The molecule has 0 N–H and O–H groups in total.